The summed E-state index contributed by atoms with van der Waals surface area (Å²) in [5.41, 5.74) is 1.54. The van der Waals surface area contributed by atoms with Gasteiger partial charge in [-0.25, -0.2) is 4.79 Å². The third-order valence-electron chi connectivity index (χ3n) is 2.21. The molecule has 0 radical (unpaired) electrons. The number of carbonyl (C=O) groups is 1. The molecule has 0 amide bonds. The average molecular weight is 232 g/mol. The van der Waals surface area contributed by atoms with Gasteiger partial charge in [0.2, 0.25) is 0 Å². The Balaban J connectivity index is 2.61. The van der Waals surface area contributed by atoms with E-state index in [2.05, 4.69) is 5.92 Å². The quantitative estimate of drug-likeness (QED) is 0.577. The lowest BCUT2D eigenvalue weighted by Crippen LogP contribution is -2.14. The lowest BCUT2D eigenvalue weighted by Gasteiger charge is -2.10. The van der Waals surface area contributed by atoms with E-state index < -0.39 is 0 Å². The first-order valence-electron chi connectivity index (χ1n) is 5.39. The van der Waals surface area contributed by atoms with Crippen molar-refractivity contribution in [2.45, 2.75) is 26.1 Å². The number of terminal acetylenes is 1. The van der Waals surface area contributed by atoms with Crippen LogP contribution in [-0.4, -0.2) is 19.2 Å². The monoisotopic (exact) mass is 232 g/mol. The fraction of sp³-hybridized carbons (Fsp3) is 0.357. The Morgan fingerprint density at radius 2 is 2.06 bits per heavy atom. The summed E-state index contributed by atoms with van der Waals surface area (Å²) >= 11 is 0. The number of hydrogen-bond donors (Lipinski definition) is 0. The molecule has 0 spiro atoms. The first kappa shape index (κ1) is 13.3. The van der Waals surface area contributed by atoms with Crippen LogP contribution in [0.25, 0.3) is 0 Å². The second kappa shape index (κ2) is 6.72. The van der Waals surface area contributed by atoms with E-state index >= 15 is 0 Å². The molecule has 0 saturated carbocycles. The lowest BCUT2D eigenvalue weighted by molar-refractivity contribution is 0.0352. The summed E-state index contributed by atoms with van der Waals surface area (Å²) < 4.78 is 10.2. The van der Waals surface area contributed by atoms with Gasteiger partial charge in [0.1, 0.15) is 6.10 Å². The van der Waals surface area contributed by atoms with Crippen LogP contribution in [0, 0.1) is 12.3 Å². The highest BCUT2D eigenvalue weighted by molar-refractivity contribution is 5.89. The minimum absolute atomic E-state index is 0.258. The van der Waals surface area contributed by atoms with Crippen LogP contribution in [0.15, 0.2) is 24.3 Å². The van der Waals surface area contributed by atoms with Crippen LogP contribution in [0.2, 0.25) is 0 Å². The molecule has 0 unspecified atom stereocenters. The number of rotatable bonds is 5. The molecular formula is C14H16O3. The van der Waals surface area contributed by atoms with E-state index in [0.29, 0.717) is 18.6 Å². The van der Waals surface area contributed by atoms with Crippen molar-refractivity contribution in [1.82, 2.24) is 0 Å². The number of esters is 1. The Hall–Kier alpha value is -1.79. The van der Waals surface area contributed by atoms with E-state index in [-0.39, 0.29) is 12.1 Å². The van der Waals surface area contributed by atoms with Crippen LogP contribution in [0.1, 0.15) is 29.3 Å². The largest absolute Gasteiger partial charge is 0.458 e. The first-order valence-corrected chi connectivity index (χ1v) is 5.39. The van der Waals surface area contributed by atoms with Crippen LogP contribution in [0.3, 0.4) is 0 Å². The predicted molar refractivity (Wildman–Crippen MR) is 65.5 cm³/mol. The number of carbonyl (C=O) groups excluding carboxylic acids is 1. The highest BCUT2D eigenvalue weighted by Crippen LogP contribution is 2.09. The maximum absolute atomic E-state index is 11.7. The molecule has 90 valence electrons. The Kier molecular flexibility index (Phi) is 5.25. The van der Waals surface area contributed by atoms with Gasteiger partial charge in [0.25, 0.3) is 0 Å². The van der Waals surface area contributed by atoms with Crippen molar-refractivity contribution >= 4 is 5.97 Å². The highest BCUT2D eigenvalue weighted by atomic mass is 16.5. The summed E-state index contributed by atoms with van der Waals surface area (Å²) in [7, 11) is 1.63. The molecule has 3 nitrogen and oxygen atoms in total. The van der Waals surface area contributed by atoms with Crippen molar-refractivity contribution < 1.29 is 14.3 Å². The molecule has 17 heavy (non-hydrogen) atoms. The third-order valence-corrected chi connectivity index (χ3v) is 2.21. The minimum atomic E-state index is -0.350. The van der Waals surface area contributed by atoms with E-state index in [1.54, 1.807) is 26.2 Å². The molecule has 0 aromatic heterocycles. The van der Waals surface area contributed by atoms with Crippen molar-refractivity contribution in [2.24, 2.45) is 0 Å². The maximum atomic E-state index is 11.7. The van der Waals surface area contributed by atoms with Crippen LogP contribution >= 0.6 is 0 Å². The van der Waals surface area contributed by atoms with Gasteiger partial charge in [0.15, 0.2) is 0 Å². The molecule has 3 heteroatoms. The predicted octanol–water partition coefficient (Wildman–Crippen LogP) is 2.40. The van der Waals surface area contributed by atoms with E-state index in [9.17, 15) is 4.79 Å². The van der Waals surface area contributed by atoms with Gasteiger partial charge < -0.3 is 9.47 Å². The van der Waals surface area contributed by atoms with Crippen molar-refractivity contribution in [3.05, 3.63) is 35.4 Å². The molecule has 0 aliphatic rings. The summed E-state index contributed by atoms with van der Waals surface area (Å²) in [4.78, 5) is 11.7. The molecular weight excluding hydrogens is 216 g/mol. The van der Waals surface area contributed by atoms with Crippen LogP contribution in [0.4, 0.5) is 0 Å². The molecule has 0 saturated heterocycles. The van der Waals surface area contributed by atoms with E-state index in [4.69, 9.17) is 15.9 Å². The highest BCUT2D eigenvalue weighted by Gasteiger charge is 2.10. The Morgan fingerprint density at radius 1 is 1.41 bits per heavy atom. The number of methoxy groups -OCH3 is 1. The van der Waals surface area contributed by atoms with Gasteiger partial charge >= 0.3 is 5.97 Å². The molecule has 0 N–H and O–H groups in total. The Morgan fingerprint density at radius 3 is 2.59 bits per heavy atom. The van der Waals surface area contributed by atoms with Gasteiger partial charge in [-0.2, -0.15) is 0 Å². The summed E-state index contributed by atoms with van der Waals surface area (Å²) in [5.74, 6) is 2.11. The molecule has 0 fully saturated rings. The van der Waals surface area contributed by atoms with Gasteiger partial charge in [-0.15, -0.1) is 12.3 Å². The topological polar surface area (TPSA) is 35.5 Å². The van der Waals surface area contributed by atoms with E-state index in [1.807, 2.05) is 12.1 Å². The van der Waals surface area contributed by atoms with Crippen molar-refractivity contribution in [2.75, 3.05) is 7.11 Å². The van der Waals surface area contributed by atoms with Crippen LogP contribution in [0.5, 0.6) is 0 Å². The molecule has 0 bridgehead atoms. The summed E-state index contributed by atoms with van der Waals surface area (Å²) in [5, 5.41) is 0. The minimum Gasteiger partial charge on any atom is -0.458 e. The van der Waals surface area contributed by atoms with Crippen LogP contribution in [-0.2, 0) is 16.1 Å². The molecule has 0 aliphatic heterocycles. The van der Waals surface area contributed by atoms with Crippen molar-refractivity contribution in [3.8, 4) is 12.3 Å². The van der Waals surface area contributed by atoms with Gasteiger partial charge in [-0.3, -0.25) is 0 Å². The van der Waals surface area contributed by atoms with Gasteiger partial charge in [-0.05, 0) is 24.6 Å². The molecule has 1 atom stereocenters. The molecule has 0 aliphatic carbocycles. The summed E-state index contributed by atoms with van der Waals surface area (Å²) in [6.07, 6.45) is 5.31. The zero-order chi connectivity index (χ0) is 12.7. The first-order chi connectivity index (χ1) is 8.17. The Bertz CT molecular complexity index is 400. The second-order valence-corrected chi connectivity index (χ2v) is 3.75. The van der Waals surface area contributed by atoms with E-state index in [0.717, 1.165) is 5.56 Å². The van der Waals surface area contributed by atoms with Gasteiger partial charge in [0, 0.05) is 13.5 Å². The fourth-order valence-corrected chi connectivity index (χ4v) is 1.36. The normalized spacial score (nSPS) is 11.6. The van der Waals surface area contributed by atoms with Crippen LogP contribution < -0.4 is 0 Å². The van der Waals surface area contributed by atoms with Crippen molar-refractivity contribution in [3.63, 3.8) is 0 Å². The molecule has 1 aromatic carbocycles. The number of hydrogen-bond acceptors (Lipinski definition) is 3. The SMILES string of the molecule is C#CC[C@@H](C)OC(=O)c1ccc(COC)cc1. The zero-order valence-corrected chi connectivity index (χ0v) is 10.1. The summed E-state index contributed by atoms with van der Waals surface area (Å²) in [6, 6.07) is 7.12. The lowest BCUT2D eigenvalue weighted by atomic mass is 10.1. The fourth-order valence-electron chi connectivity index (χ4n) is 1.36. The number of benzene rings is 1. The molecule has 1 aromatic rings. The standard InChI is InChI=1S/C14H16O3/c1-4-5-11(2)17-14(15)13-8-6-12(7-9-13)10-16-3/h1,6-9,11H,5,10H2,2-3H3/t11-/m1/s1. The zero-order valence-electron chi connectivity index (χ0n) is 10.1. The number of ether oxygens (including phenoxy) is 2. The average Bonchev–Trinajstić information content (AvgIpc) is 2.30. The molecule has 1 rings (SSSR count). The smallest absolute Gasteiger partial charge is 0.338 e. The Labute approximate surface area is 102 Å². The summed E-state index contributed by atoms with van der Waals surface area (Å²) in [6.45, 7) is 2.31. The van der Waals surface area contributed by atoms with Gasteiger partial charge in [0.05, 0.1) is 12.2 Å². The van der Waals surface area contributed by atoms with Gasteiger partial charge in [-0.1, -0.05) is 12.1 Å². The second-order valence-electron chi connectivity index (χ2n) is 3.75. The molecule has 0 heterocycles. The van der Waals surface area contributed by atoms with Crippen molar-refractivity contribution in [1.29, 1.82) is 0 Å². The maximum Gasteiger partial charge on any atom is 0.338 e. The van der Waals surface area contributed by atoms with E-state index in [1.165, 1.54) is 0 Å². The third kappa shape index (κ3) is 4.29.